The van der Waals surface area contributed by atoms with E-state index >= 15 is 0 Å². The van der Waals surface area contributed by atoms with E-state index in [-0.39, 0.29) is 16.9 Å². The first-order chi connectivity index (χ1) is 14.6. The van der Waals surface area contributed by atoms with Crippen molar-refractivity contribution < 1.29 is 10.2 Å². The SMILES string of the molecule is C=C(CCC(C)C1CC(O)N=C2C3=C(CCC21C)C1(C)CCC(O)CC1CC3)C(C)C. The quantitative estimate of drug-likeness (QED) is 0.495. The van der Waals surface area contributed by atoms with Gasteiger partial charge in [-0.25, -0.2) is 0 Å². The molecule has 1 fully saturated rings. The van der Waals surface area contributed by atoms with Gasteiger partial charge in [0.2, 0.25) is 0 Å². The lowest BCUT2D eigenvalue weighted by molar-refractivity contribution is 0.0210. The fourth-order valence-corrected chi connectivity index (χ4v) is 7.61. The third kappa shape index (κ3) is 3.99. The minimum atomic E-state index is -0.561. The smallest absolute Gasteiger partial charge is 0.145 e. The minimum absolute atomic E-state index is 0.0774. The normalized spacial score (nSPS) is 41.2. The van der Waals surface area contributed by atoms with E-state index in [2.05, 4.69) is 41.2 Å². The maximum absolute atomic E-state index is 10.8. The monoisotopic (exact) mass is 427 g/mol. The van der Waals surface area contributed by atoms with Crippen LogP contribution >= 0.6 is 0 Å². The van der Waals surface area contributed by atoms with Crippen molar-refractivity contribution in [3.8, 4) is 0 Å². The van der Waals surface area contributed by atoms with Crippen LogP contribution < -0.4 is 0 Å². The first kappa shape index (κ1) is 23.2. The van der Waals surface area contributed by atoms with Crippen molar-refractivity contribution in [1.29, 1.82) is 0 Å². The van der Waals surface area contributed by atoms with Gasteiger partial charge in [-0.15, -0.1) is 0 Å². The predicted molar refractivity (Wildman–Crippen MR) is 129 cm³/mol. The number of aliphatic imine (C=N–C) groups is 1. The first-order valence-electron chi connectivity index (χ1n) is 12.9. The van der Waals surface area contributed by atoms with Gasteiger partial charge in [-0.2, -0.15) is 0 Å². The summed E-state index contributed by atoms with van der Waals surface area (Å²) in [6, 6.07) is 0. The summed E-state index contributed by atoms with van der Waals surface area (Å²) in [6.45, 7) is 16.1. The predicted octanol–water partition coefficient (Wildman–Crippen LogP) is 6.45. The second-order valence-corrected chi connectivity index (χ2v) is 12.1. The molecule has 4 rings (SSSR count). The molecule has 0 amide bonds. The highest BCUT2D eigenvalue weighted by Crippen LogP contribution is 2.60. The number of hydrogen-bond acceptors (Lipinski definition) is 3. The van der Waals surface area contributed by atoms with Crippen LogP contribution in [0.15, 0.2) is 28.3 Å². The van der Waals surface area contributed by atoms with Crippen LogP contribution in [0.2, 0.25) is 0 Å². The number of fused-ring (bicyclic) bond motifs is 4. The lowest BCUT2D eigenvalue weighted by Crippen LogP contribution is -2.51. The topological polar surface area (TPSA) is 52.8 Å². The van der Waals surface area contributed by atoms with Crippen LogP contribution in [0.25, 0.3) is 0 Å². The van der Waals surface area contributed by atoms with Crippen molar-refractivity contribution in [3.63, 3.8) is 0 Å². The average Bonchev–Trinajstić information content (AvgIpc) is 2.72. The van der Waals surface area contributed by atoms with Crippen LogP contribution in [0.5, 0.6) is 0 Å². The maximum atomic E-state index is 10.8. The molecule has 0 aromatic rings. The zero-order valence-electron chi connectivity index (χ0n) is 20.6. The molecule has 174 valence electrons. The Labute approximate surface area is 190 Å². The highest BCUT2D eigenvalue weighted by molar-refractivity contribution is 6.06. The third-order valence-electron chi connectivity index (χ3n) is 9.96. The summed E-state index contributed by atoms with van der Waals surface area (Å²) >= 11 is 0. The average molecular weight is 428 g/mol. The molecule has 2 N–H and O–H groups in total. The van der Waals surface area contributed by atoms with Crippen molar-refractivity contribution in [1.82, 2.24) is 0 Å². The van der Waals surface area contributed by atoms with Crippen LogP contribution in [-0.4, -0.2) is 28.3 Å². The number of aliphatic hydroxyl groups excluding tert-OH is 2. The Hall–Kier alpha value is -0.930. The van der Waals surface area contributed by atoms with E-state index in [4.69, 9.17) is 4.99 Å². The van der Waals surface area contributed by atoms with Crippen LogP contribution in [0.4, 0.5) is 0 Å². The summed E-state index contributed by atoms with van der Waals surface area (Å²) in [4.78, 5) is 4.95. The van der Waals surface area contributed by atoms with Gasteiger partial charge in [0.25, 0.3) is 0 Å². The van der Waals surface area contributed by atoms with Crippen molar-refractivity contribution >= 4 is 5.71 Å². The summed E-state index contributed by atoms with van der Waals surface area (Å²) in [6.07, 6.45) is 9.91. The summed E-state index contributed by atoms with van der Waals surface area (Å²) < 4.78 is 0. The largest absolute Gasteiger partial charge is 0.393 e. The van der Waals surface area contributed by atoms with Gasteiger partial charge in [-0.05, 0) is 98.9 Å². The Balaban J connectivity index is 1.62. The highest BCUT2D eigenvalue weighted by Gasteiger charge is 2.53. The molecule has 0 aromatic carbocycles. The van der Waals surface area contributed by atoms with Gasteiger partial charge in [0.05, 0.1) is 6.10 Å². The van der Waals surface area contributed by atoms with Crippen molar-refractivity contribution in [2.75, 3.05) is 0 Å². The fourth-order valence-electron chi connectivity index (χ4n) is 7.61. The molecule has 1 heterocycles. The van der Waals surface area contributed by atoms with E-state index in [1.807, 2.05) is 0 Å². The van der Waals surface area contributed by atoms with Crippen LogP contribution in [0, 0.1) is 34.5 Å². The van der Waals surface area contributed by atoms with Gasteiger partial charge in [0.15, 0.2) is 0 Å². The number of rotatable bonds is 5. The van der Waals surface area contributed by atoms with Crippen molar-refractivity contribution in [3.05, 3.63) is 23.3 Å². The summed E-state index contributed by atoms with van der Waals surface area (Å²) in [7, 11) is 0. The first-order valence-corrected chi connectivity index (χ1v) is 12.9. The van der Waals surface area contributed by atoms with Gasteiger partial charge in [-0.1, -0.05) is 52.3 Å². The molecule has 3 heteroatoms. The molecule has 3 aliphatic carbocycles. The second kappa shape index (κ2) is 8.45. The Morgan fingerprint density at radius 3 is 2.52 bits per heavy atom. The number of hydrogen-bond donors (Lipinski definition) is 2. The zero-order valence-corrected chi connectivity index (χ0v) is 20.6. The molecule has 0 saturated heterocycles. The molecule has 31 heavy (non-hydrogen) atoms. The number of allylic oxidation sites excluding steroid dienone is 3. The maximum Gasteiger partial charge on any atom is 0.145 e. The lowest BCUT2D eigenvalue weighted by Gasteiger charge is -2.55. The third-order valence-corrected chi connectivity index (χ3v) is 9.96. The molecule has 0 aromatic heterocycles. The molecule has 0 radical (unpaired) electrons. The van der Waals surface area contributed by atoms with E-state index < -0.39 is 6.23 Å². The Bertz CT molecular complexity index is 780. The molecular formula is C28H45NO2. The van der Waals surface area contributed by atoms with Crippen LogP contribution in [0.1, 0.15) is 98.8 Å². The zero-order chi connectivity index (χ0) is 22.6. The van der Waals surface area contributed by atoms with Crippen molar-refractivity contribution in [2.45, 2.75) is 111 Å². The summed E-state index contributed by atoms with van der Waals surface area (Å²) in [5.41, 5.74) is 6.01. The number of aliphatic hydroxyl groups is 2. The van der Waals surface area contributed by atoms with Crippen LogP contribution in [0.3, 0.4) is 0 Å². The molecule has 7 unspecified atom stereocenters. The number of nitrogens with zero attached hydrogens (tertiary/aromatic N) is 1. The van der Waals surface area contributed by atoms with E-state index in [1.54, 1.807) is 5.57 Å². The standard InChI is InChI=1S/C28H45NO2/c1-17(2)18(3)7-8-19(4)24-16-25(31)29-26-22-10-9-20-15-21(30)11-13-27(20,5)23(22)12-14-28(24,26)6/h17,19-21,24-25,30-31H,3,7-16H2,1-2,4-6H3. The minimum Gasteiger partial charge on any atom is -0.393 e. The molecule has 0 bridgehead atoms. The molecule has 7 atom stereocenters. The van der Waals surface area contributed by atoms with Gasteiger partial charge < -0.3 is 10.2 Å². The van der Waals surface area contributed by atoms with Gasteiger partial charge in [0.1, 0.15) is 6.23 Å². The van der Waals surface area contributed by atoms with Gasteiger partial charge in [-0.3, -0.25) is 4.99 Å². The van der Waals surface area contributed by atoms with Gasteiger partial charge in [0, 0.05) is 11.1 Å². The molecule has 4 aliphatic rings. The molecular weight excluding hydrogens is 382 g/mol. The Morgan fingerprint density at radius 1 is 1.06 bits per heavy atom. The molecule has 1 saturated carbocycles. The second-order valence-electron chi connectivity index (χ2n) is 12.1. The van der Waals surface area contributed by atoms with E-state index in [1.165, 1.54) is 23.3 Å². The molecule has 0 spiro atoms. The summed E-state index contributed by atoms with van der Waals surface area (Å²) in [5, 5.41) is 21.1. The Morgan fingerprint density at radius 2 is 1.81 bits per heavy atom. The fraction of sp³-hybridized carbons (Fsp3) is 0.821. The van der Waals surface area contributed by atoms with E-state index in [9.17, 15) is 10.2 Å². The van der Waals surface area contributed by atoms with E-state index in [0.717, 1.165) is 57.8 Å². The lowest BCUT2D eigenvalue weighted by atomic mass is 9.50. The molecule has 3 nitrogen and oxygen atoms in total. The van der Waals surface area contributed by atoms with E-state index in [0.29, 0.717) is 23.7 Å². The summed E-state index contributed by atoms with van der Waals surface area (Å²) in [5.74, 6) is 2.18. The molecule has 1 aliphatic heterocycles. The Kier molecular flexibility index (Phi) is 6.33. The van der Waals surface area contributed by atoms with Crippen molar-refractivity contribution in [2.24, 2.45) is 39.5 Å². The highest BCUT2D eigenvalue weighted by atomic mass is 16.3. The van der Waals surface area contributed by atoms with Gasteiger partial charge >= 0.3 is 0 Å². The van der Waals surface area contributed by atoms with Crippen LogP contribution in [-0.2, 0) is 0 Å².